The summed E-state index contributed by atoms with van der Waals surface area (Å²) in [7, 11) is 1.81. The van der Waals surface area contributed by atoms with Crippen molar-refractivity contribution in [3.63, 3.8) is 0 Å². The minimum absolute atomic E-state index is 0. The molecule has 5 nitrogen and oxygen atoms in total. The third-order valence-corrected chi connectivity index (χ3v) is 5.31. The van der Waals surface area contributed by atoms with Gasteiger partial charge in [-0.2, -0.15) is 0 Å². The maximum atomic E-state index is 12.5. The van der Waals surface area contributed by atoms with Crippen LogP contribution in [0.25, 0.3) is 0 Å². The van der Waals surface area contributed by atoms with Gasteiger partial charge in [0.1, 0.15) is 0 Å². The SMILES string of the molecule is CC(C)C(=O)N(C)Cc1ccc(C(=O)NC2CC3CCC(C2)N3)cc1.Cl. The van der Waals surface area contributed by atoms with E-state index in [-0.39, 0.29) is 36.2 Å². The number of carbonyl (C=O) groups is 2. The van der Waals surface area contributed by atoms with E-state index >= 15 is 0 Å². The van der Waals surface area contributed by atoms with Crippen molar-refractivity contribution in [1.82, 2.24) is 15.5 Å². The molecule has 0 saturated carbocycles. The Morgan fingerprint density at radius 1 is 1.15 bits per heavy atom. The first kappa shape index (κ1) is 20.7. The second-order valence-electron chi connectivity index (χ2n) is 7.83. The van der Waals surface area contributed by atoms with Gasteiger partial charge in [-0.3, -0.25) is 9.59 Å². The second-order valence-corrected chi connectivity index (χ2v) is 7.83. The molecule has 0 aromatic heterocycles. The average molecular weight is 380 g/mol. The van der Waals surface area contributed by atoms with E-state index in [1.165, 1.54) is 12.8 Å². The molecule has 6 heteroatoms. The number of nitrogens with zero attached hydrogens (tertiary/aromatic N) is 1. The van der Waals surface area contributed by atoms with Crippen molar-refractivity contribution in [2.24, 2.45) is 5.92 Å². The van der Waals surface area contributed by atoms with Crippen LogP contribution in [0.2, 0.25) is 0 Å². The highest BCUT2D eigenvalue weighted by Gasteiger charge is 2.34. The highest BCUT2D eigenvalue weighted by Crippen LogP contribution is 2.26. The predicted molar refractivity (Wildman–Crippen MR) is 105 cm³/mol. The molecule has 2 saturated heterocycles. The van der Waals surface area contributed by atoms with Gasteiger partial charge in [-0.25, -0.2) is 0 Å². The Kier molecular flexibility index (Phi) is 7.07. The van der Waals surface area contributed by atoms with Crippen LogP contribution in [0.5, 0.6) is 0 Å². The first-order valence-electron chi connectivity index (χ1n) is 9.33. The van der Waals surface area contributed by atoms with Gasteiger partial charge < -0.3 is 15.5 Å². The number of fused-ring (bicyclic) bond motifs is 2. The fourth-order valence-corrected chi connectivity index (χ4v) is 4.00. The lowest BCUT2D eigenvalue weighted by Gasteiger charge is -2.29. The maximum absolute atomic E-state index is 12.5. The van der Waals surface area contributed by atoms with E-state index in [0.29, 0.717) is 24.2 Å². The molecule has 2 fully saturated rings. The van der Waals surface area contributed by atoms with Gasteiger partial charge in [0.2, 0.25) is 5.91 Å². The van der Waals surface area contributed by atoms with Crippen LogP contribution < -0.4 is 10.6 Å². The van der Waals surface area contributed by atoms with Gasteiger partial charge >= 0.3 is 0 Å². The summed E-state index contributed by atoms with van der Waals surface area (Å²) in [6.07, 6.45) is 4.52. The number of rotatable bonds is 5. The summed E-state index contributed by atoms with van der Waals surface area (Å²) in [5.74, 6) is 0.127. The molecular formula is C20H30ClN3O2. The summed E-state index contributed by atoms with van der Waals surface area (Å²) in [4.78, 5) is 26.2. The van der Waals surface area contributed by atoms with E-state index < -0.39 is 0 Å². The standard InChI is InChI=1S/C20H29N3O2.ClH/c1-13(2)20(25)23(3)12-14-4-6-15(7-5-14)19(24)22-18-10-16-8-9-17(11-18)21-16;/h4-7,13,16-18,21H,8-12H2,1-3H3,(H,22,24);1H. The minimum Gasteiger partial charge on any atom is -0.349 e. The normalized spacial score (nSPS) is 24.1. The van der Waals surface area contributed by atoms with Gasteiger partial charge in [-0.1, -0.05) is 26.0 Å². The number of benzene rings is 1. The summed E-state index contributed by atoms with van der Waals surface area (Å²) in [6.45, 7) is 4.37. The second kappa shape index (κ2) is 8.87. The number of hydrogen-bond donors (Lipinski definition) is 2. The zero-order valence-electron chi connectivity index (χ0n) is 15.8. The first-order chi connectivity index (χ1) is 11.9. The first-order valence-corrected chi connectivity index (χ1v) is 9.33. The van der Waals surface area contributed by atoms with Gasteiger partial charge in [0, 0.05) is 43.2 Å². The molecule has 2 heterocycles. The van der Waals surface area contributed by atoms with Crippen molar-refractivity contribution in [1.29, 1.82) is 0 Å². The quantitative estimate of drug-likeness (QED) is 0.826. The summed E-state index contributed by atoms with van der Waals surface area (Å²) in [6, 6.07) is 9.00. The summed E-state index contributed by atoms with van der Waals surface area (Å²) in [5, 5.41) is 6.78. The highest BCUT2D eigenvalue weighted by atomic mass is 35.5. The molecule has 26 heavy (non-hydrogen) atoms. The zero-order chi connectivity index (χ0) is 18.0. The Bertz CT molecular complexity index is 620. The summed E-state index contributed by atoms with van der Waals surface area (Å²) < 4.78 is 0. The van der Waals surface area contributed by atoms with E-state index in [1.54, 1.807) is 4.90 Å². The van der Waals surface area contributed by atoms with E-state index in [4.69, 9.17) is 0 Å². The highest BCUT2D eigenvalue weighted by molar-refractivity contribution is 5.94. The minimum atomic E-state index is -0.00433. The number of hydrogen-bond acceptors (Lipinski definition) is 3. The molecule has 1 aromatic carbocycles. The van der Waals surface area contributed by atoms with E-state index in [1.807, 2.05) is 45.2 Å². The molecule has 0 spiro atoms. The molecule has 2 bridgehead atoms. The van der Waals surface area contributed by atoms with Crippen LogP contribution in [0.4, 0.5) is 0 Å². The van der Waals surface area contributed by atoms with Crippen LogP contribution in [-0.4, -0.2) is 41.9 Å². The fraction of sp³-hybridized carbons (Fsp3) is 0.600. The molecule has 1 aromatic rings. The lowest BCUT2D eigenvalue weighted by atomic mass is 9.99. The fourth-order valence-electron chi connectivity index (χ4n) is 4.00. The zero-order valence-corrected chi connectivity index (χ0v) is 16.6. The van der Waals surface area contributed by atoms with Crippen LogP contribution in [0, 0.1) is 5.92 Å². The Morgan fingerprint density at radius 3 is 2.27 bits per heavy atom. The predicted octanol–water partition coefficient (Wildman–Crippen LogP) is 2.74. The van der Waals surface area contributed by atoms with Gasteiger partial charge in [0.15, 0.2) is 0 Å². The van der Waals surface area contributed by atoms with Crippen LogP contribution >= 0.6 is 12.4 Å². The smallest absolute Gasteiger partial charge is 0.251 e. The molecular weight excluding hydrogens is 350 g/mol. The molecule has 2 aliphatic rings. The number of nitrogens with one attached hydrogen (secondary N) is 2. The summed E-state index contributed by atoms with van der Waals surface area (Å²) in [5.41, 5.74) is 1.72. The van der Waals surface area contributed by atoms with Crippen molar-refractivity contribution < 1.29 is 9.59 Å². The number of carbonyl (C=O) groups excluding carboxylic acids is 2. The number of piperidine rings is 1. The number of halogens is 1. The van der Waals surface area contributed by atoms with Crippen LogP contribution in [-0.2, 0) is 11.3 Å². The molecule has 2 aliphatic heterocycles. The Morgan fingerprint density at radius 2 is 1.73 bits per heavy atom. The third-order valence-electron chi connectivity index (χ3n) is 5.31. The van der Waals surface area contributed by atoms with Crippen LogP contribution in [0.3, 0.4) is 0 Å². The molecule has 2 atom stereocenters. The molecule has 2 N–H and O–H groups in total. The van der Waals surface area contributed by atoms with E-state index in [2.05, 4.69) is 10.6 Å². The molecule has 3 rings (SSSR count). The lowest BCUT2D eigenvalue weighted by molar-refractivity contribution is -0.133. The van der Waals surface area contributed by atoms with Gasteiger partial charge in [0.25, 0.3) is 5.91 Å². The van der Waals surface area contributed by atoms with Crippen LogP contribution in [0.15, 0.2) is 24.3 Å². The average Bonchev–Trinajstić information content (AvgIpc) is 2.93. The van der Waals surface area contributed by atoms with Gasteiger partial charge in [-0.05, 0) is 43.4 Å². The Labute approximate surface area is 162 Å². The van der Waals surface area contributed by atoms with Crippen molar-refractivity contribution in [3.8, 4) is 0 Å². The van der Waals surface area contributed by atoms with E-state index in [9.17, 15) is 9.59 Å². The monoisotopic (exact) mass is 379 g/mol. The number of amides is 2. The molecule has 144 valence electrons. The van der Waals surface area contributed by atoms with Gasteiger partial charge in [0.05, 0.1) is 0 Å². The van der Waals surface area contributed by atoms with Gasteiger partial charge in [-0.15, -0.1) is 12.4 Å². The molecule has 0 radical (unpaired) electrons. The van der Waals surface area contributed by atoms with Crippen molar-refractivity contribution in [3.05, 3.63) is 35.4 Å². The maximum Gasteiger partial charge on any atom is 0.251 e. The Balaban J connectivity index is 0.00000243. The molecule has 2 unspecified atom stereocenters. The van der Waals surface area contributed by atoms with Crippen molar-refractivity contribution >= 4 is 24.2 Å². The van der Waals surface area contributed by atoms with Crippen molar-refractivity contribution in [2.45, 2.75) is 64.2 Å². The van der Waals surface area contributed by atoms with Crippen LogP contribution in [0.1, 0.15) is 55.5 Å². The molecule has 0 aliphatic carbocycles. The van der Waals surface area contributed by atoms with Crippen molar-refractivity contribution in [2.75, 3.05) is 7.05 Å². The summed E-state index contributed by atoms with van der Waals surface area (Å²) >= 11 is 0. The topological polar surface area (TPSA) is 61.4 Å². The lowest BCUT2D eigenvalue weighted by Crippen LogP contribution is -2.48. The largest absolute Gasteiger partial charge is 0.349 e. The Hall–Kier alpha value is -1.59. The molecule has 2 amide bonds. The van der Waals surface area contributed by atoms with E-state index in [0.717, 1.165) is 18.4 Å². The third kappa shape index (κ3) is 4.98.